The number of benzene rings is 1. The first-order valence-corrected chi connectivity index (χ1v) is 3.47. The molecule has 0 unspecified atom stereocenters. The van der Waals surface area contributed by atoms with Gasteiger partial charge in [0.05, 0.1) is 5.56 Å². The largest absolute Gasteiger partial charge is 0.388 e. The van der Waals surface area contributed by atoms with Crippen molar-refractivity contribution < 1.29 is 4.39 Å². The summed E-state index contributed by atoms with van der Waals surface area (Å²) >= 11 is 0. The van der Waals surface area contributed by atoms with Crippen LogP contribution >= 0.6 is 0 Å². The highest BCUT2D eigenvalue weighted by atomic mass is 19.1. The third kappa shape index (κ3) is 1.53. The molecule has 12 heavy (non-hydrogen) atoms. The maximum absolute atomic E-state index is 13.0. The van der Waals surface area contributed by atoms with E-state index in [4.69, 9.17) is 11.1 Å². The van der Waals surface area contributed by atoms with Gasteiger partial charge in [-0.15, -0.1) is 0 Å². The van der Waals surface area contributed by atoms with Crippen LogP contribution in [0.25, 0.3) is 0 Å². The lowest BCUT2D eigenvalue weighted by Gasteiger charge is -2.03. The third-order valence-electron chi connectivity index (χ3n) is 1.55. The molecular formula is C8H10FN3. The van der Waals surface area contributed by atoms with Gasteiger partial charge in [0.1, 0.15) is 11.7 Å². The molecule has 4 heteroatoms. The number of hydrogen-bond acceptors (Lipinski definition) is 2. The summed E-state index contributed by atoms with van der Waals surface area (Å²) in [5.74, 6) is -0.732. The molecule has 0 saturated carbocycles. The average Bonchev–Trinajstić information content (AvgIpc) is 2.03. The summed E-state index contributed by atoms with van der Waals surface area (Å²) in [6.07, 6.45) is 0. The lowest BCUT2D eigenvalue weighted by Crippen LogP contribution is -2.13. The lowest BCUT2D eigenvalue weighted by molar-refractivity contribution is 0.625. The number of nitrogen functional groups attached to an aromatic ring is 1. The summed E-state index contributed by atoms with van der Waals surface area (Å²) in [6.45, 7) is 0. The van der Waals surface area contributed by atoms with E-state index >= 15 is 0 Å². The van der Waals surface area contributed by atoms with Gasteiger partial charge in [-0.3, -0.25) is 5.41 Å². The number of hydrogen-bond donors (Lipinski definition) is 3. The molecule has 0 atom stereocenters. The van der Waals surface area contributed by atoms with Gasteiger partial charge >= 0.3 is 0 Å². The first-order chi connectivity index (χ1) is 5.65. The molecule has 0 saturated heterocycles. The molecule has 0 heterocycles. The molecule has 0 aliphatic carbocycles. The molecule has 4 N–H and O–H groups in total. The highest BCUT2D eigenvalue weighted by Gasteiger charge is 2.04. The van der Waals surface area contributed by atoms with Gasteiger partial charge in [-0.25, -0.2) is 4.39 Å². The van der Waals surface area contributed by atoms with Crippen LogP contribution in [0, 0.1) is 11.2 Å². The number of nitrogens with one attached hydrogen (secondary N) is 2. The van der Waals surface area contributed by atoms with Gasteiger partial charge in [0.25, 0.3) is 0 Å². The van der Waals surface area contributed by atoms with Crippen LogP contribution in [0.15, 0.2) is 18.2 Å². The molecule has 3 nitrogen and oxygen atoms in total. The summed E-state index contributed by atoms with van der Waals surface area (Å²) in [5.41, 5.74) is 5.93. The van der Waals surface area contributed by atoms with E-state index in [0.29, 0.717) is 5.69 Å². The Labute approximate surface area is 69.9 Å². The van der Waals surface area contributed by atoms with Crippen molar-refractivity contribution in [3.8, 4) is 0 Å². The Hall–Kier alpha value is -1.58. The first-order valence-electron chi connectivity index (χ1n) is 3.47. The molecule has 1 aromatic rings. The minimum absolute atomic E-state index is 0.133. The number of nitrogens with two attached hydrogens (primary N) is 1. The SMILES string of the molecule is CNc1ccc(C(=N)N)c(F)c1. The normalized spacial score (nSPS) is 9.50. The van der Waals surface area contributed by atoms with E-state index in [1.54, 1.807) is 13.1 Å². The van der Waals surface area contributed by atoms with Crippen molar-refractivity contribution in [1.82, 2.24) is 0 Å². The van der Waals surface area contributed by atoms with Crippen molar-refractivity contribution in [2.45, 2.75) is 0 Å². The van der Waals surface area contributed by atoms with Gasteiger partial charge in [-0.2, -0.15) is 0 Å². The zero-order valence-electron chi connectivity index (χ0n) is 6.69. The molecule has 0 fully saturated rings. The second-order valence-corrected chi connectivity index (χ2v) is 2.36. The average molecular weight is 167 g/mol. The van der Waals surface area contributed by atoms with Crippen LogP contribution in [-0.2, 0) is 0 Å². The van der Waals surface area contributed by atoms with Crippen molar-refractivity contribution >= 4 is 11.5 Å². The van der Waals surface area contributed by atoms with Crippen LogP contribution in [0.2, 0.25) is 0 Å². The van der Waals surface area contributed by atoms with E-state index in [2.05, 4.69) is 5.32 Å². The maximum Gasteiger partial charge on any atom is 0.136 e. The van der Waals surface area contributed by atoms with Crippen LogP contribution in [0.3, 0.4) is 0 Å². The fraction of sp³-hybridized carbons (Fsp3) is 0.125. The van der Waals surface area contributed by atoms with E-state index in [0.717, 1.165) is 0 Å². The zero-order valence-corrected chi connectivity index (χ0v) is 6.69. The minimum Gasteiger partial charge on any atom is -0.388 e. The predicted molar refractivity (Wildman–Crippen MR) is 47.0 cm³/mol. The van der Waals surface area contributed by atoms with Crippen molar-refractivity contribution in [1.29, 1.82) is 5.41 Å². The number of halogens is 1. The van der Waals surface area contributed by atoms with Crippen LogP contribution in [0.4, 0.5) is 10.1 Å². The van der Waals surface area contributed by atoms with E-state index in [-0.39, 0.29) is 11.4 Å². The Bertz CT molecular complexity index is 309. The molecule has 0 amide bonds. The Morgan fingerprint density at radius 1 is 1.58 bits per heavy atom. The van der Waals surface area contributed by atoms with Crippen LogP contribution in [-0.4, -0.2) is 12.9 Å². The summed E-state index contributed by atoms with van der Waals surface area (Å²) in [7, 11) is 1.70. The summed E-state index contributed by atoms with van der Waals surface area (Å²) < 4.78 is 13.0. The monoisotopic (exact) mass is 167 g/mol. The fourth-order valence-electron chi connectivity index (χ4n) is 0.889. The topological polar surface area (TPSA) is 61.9 Å². The van der Waals surface area contributed by atoms with Gasteiger partial charge in [0.15, 0.2) is 0 Å². The number of anilines is 1. The quantitative estimate of drug-likeness (QED) is 0.457. The Kier molecular flexibility index (Phi) is 2.28. The Morgan fingerprint density at radius 3 is 2.67 bits per heavy atom. The molecule has 0 bridgehead atoms. The molecule has 0 aliphatic heterocycles. The number of rotatable bonds is 2. The molecule has 0 aromatic heterocycles. The molecule has 1 rings (SSSR count). The predicted octanol–water partition coefficient (Wildman–Crippen LogP) is 1.15. The van der Waals surface area contributed by atoms with E-state index in [9.17, 15) is 4.39 Å². The molecule has 0 aliphatic rings. The first kappa shape index (κ1) is 8.52. The van der Waals surface area contributed by atoms with Crippen molar-refractivity contribution in [3.05, 3.63) is 29.6 Å². The van der Waals surface area contributed by atoms with E-state index in [1.807, 2.05) is 0 Å². The standard InChI is InChI=1S/C8H10FN3/c1-12-5-2-3-6(8(10)11)7(9)4-5/h2-4,12H,1H3,(H3,10,11). The molecule has 64 valence electrons. The smallest absolute Gasteiger partial charge is 0.136 e. The van der Waals surface area contributed by atoms with Gasteiger partial charge in [-0.05, 0) is 18.2 Å². The summed E-state index contributed by atoms with van der Waals surface area (Å²) in [4.78, 5) is 0. The van der Waals surface area contributed by atoms with Crippen molar-refractivity contribution in [3.63, 3.8) is 0 Å². The second-order valence-electron chi connectivity index (χ2n) is 2.36. The van der Waals surface area contributed by atoms with Gasteiger partial charge in [0, 0.05) is 12.7 Å². The Morgan fingerprint density at radius 2 is 2.25 bits per heavy atom. The Balaban J connectivity index is 3.12. The van der Waals surface area contributed by atoms with Crippen LogP contribution in [0.1, 0.15) is 5.56 Å². The summed E-state index contributed by atoms with van der Waals surface area (Å²) in [5, 5.41) is 9.80. The zero-order chi connectivity index (χ0) is 9.14. The molecule has 0 spiro atoms. The van der Waals surface area contributed by atoms with Crippen molar-refractivity contribution in [2.75, 3.05) is 12.4 Å². The maximum atomic E-state index is 13.0. The highest BCUT2D eigenvalue weighted by molar-refractivity contribution is 5.95. The minimum atomic E-state index is -0.477. The molecule has 0 radical (unpaired) electrons. The van der Waals surface area contributed by atoms with Crippen molar-refractivity contribution in [2.24, 2.45) is 5.73 Å². The lowest BCUT2D eigenvalue weighted by atomic mass is 10.2. The third-order valence-corrected chi connectivity index (χ3v) is 1.55. The van der Waals surface area contributed by atoms with E-state index in [1.165, 1.54) is 12.1 Å². The number of amidine groups is 1. The van der Waals surface area contributed by atoms with Gasteiger partial charge < -0.3 is 11.1 Å². The summed E-state index contributed by atoms with van der Waals surface area (Å²) in [6, 6.07) is 4.44. The second kappa shape index (κ2) is 3.21. The van der Waals surface area contributed by atoms with Crippen LogP contribution < -0.4 is 11.1 Å². The fourth-order valence-corrected chi connectivity index (χ4v) is 0.889. The van der Waals surface area contributed by atoms with Crippen LogP contribution in [0.5, 0.6) is 0 Å². The molecular weight excluding hydrogens is 157 g/mol. The highest BCUT2D eigenvalue weighted by Crippen LogP contribution is 2.12. The van der Waals surface area contributed by atoms with E-state index < -0.39 is 5.82 Å². The molecule has 1 aromatic carbocycles. The van der Waals surface area contributed by atoms with Gasteiger partial charge in [-0.1, -0.05) is 0 Å². The van der Waals surface area contributed by atoms with Gasteiger partial charge in [0.2, 0.25) is 0 Å².